The minimum Gasteiger partial charge on any atom is -0.480 e. The average molecular weight is 470 g/mol. The van der Waals surface area contributed by atoms with E-state index in [4.69, 9.17) is 4.74 Å². The molecular weight excluding hydrogens is 445 g/mol. The Kier molecular flexibility index (Phi) is 5.13. The van der Waals surface area contributed by atoms with E-state index in [-0.39, 0.29) is 24.2 Å². The average Bonchev–Trinajstić information content (AvgIpc) is 3.40. The van der Waals surface area contributed by atoms with E-state index >= 15 is 0 Å². The highest BCUT2D eigenvalue weighted by atomic mass is 32.2. The zero-order chi connectivity index (χ0) is 22.6. The molecule has 1 atom stereocenters. The van der Waals surface area contributed by atoms with Gasteiger partial charge in [-0.3, -0.25) is 19.7 Å². The Labute approximate surface area is 193 Å². The molecule has 6 heterocycles. The van der Waals surface area contributed by atoms with E-state index < -0.39 is 11.4 Å². The van der Waals surface area contributed by atoms with Crippen LogP contribution in [0, 0.1) is 5.82 Å². The van der Waals surface area contributed by atoms with Gasteiger partial charge in [0.25, 0.3) is 5.56 Å². The topological polar surface area (TPSA) is 92.5 Å². The van der Waals surface area contributed by atoms with Crippen LogP contribution >= 0.6 is 11.8 Å². The van der Waals surface area contributed by atoms with Gasteiger partial charge in [-0.05, 0) is 38.1 Å². The minimum absolute atomic E-state index is 0.0466. The van der Waals surface area contributed by atoms with Gasteiger partial charge < -0.3 is 19.7 Å². The summed E-state index contributed by atoms with van der Waals surface area (Å²) in [6.07, 6.45) is 4.76. The lowest BCUT2D eigenvalue weighted by Gasteiger charge is -2.37. The SMILES string of the molecule is O=c1ccc2ncc(F)c3c2n1CC3(O)CN1CCC(NCc2cc3c(cn2)OCS3)CC1. The Morgan fingerprint density at radius 2 is 2.12 bits per heavy atom. The van der Waals surface area contributed by atoms with Crippen molar-refractivity contribution in [1.82, 2.24) is 24.8 Å². The molecule has 0 spiro atoms. The summed E-state index contributed by atoms with van der Waals surface area (Å²) < 4.78 is 21.7. The van der Waals surface area contributed by atoms with E-state index in [2.05, 4.69) is 26.3 Å². The summed E-state index contributed by atoms with van der Waals surface area (Å²) in [7, 11) is 0. The van der Waals surface area contributed by atoms with Gasteiger partial charge >= 0.3 is 0 Å². The standard InChI is InChI=1S/C23H24FN5O3S/c24-16-9-27-17-1-2-20(30)29-12-23(31,21(16)22(17)29)11-28-5-3-14(4-6-28)25-8-15-7-19-18(10-26-15)32-13-33-19/h1-2,7,9-10,14,25,31H,3-6,8,11-13H2. The van der Waals surface area contributed by atoms with Crippen molar-refractivity contribution in [2.24, 2.45) is 0 Å². The van der Waals surface area contributed by atoms with Crippen molar-refractivity contribution >= 4 is 22.8 Å². The number of likely N-dealkylation sites (tertiary alicyclic amines) is 1. The first-order valence-corrected chi connectivity index (χ1v) is 12.1. The lowest BCUT2D eigenvalue weighted by atomic mass is 9.93. The number of pyridine rings is 3. The van der Waals surface area contributed by atoms with Crippen molar-refractivity contribution < 1.29 is 14.2 Å². The number of rotatable bonds is 5. The number of aromatic nitrogens is 3. The number of hydrogen-bond donors (Lipinski definition) is 2. The highest BCUT2D eigenvalue weighted by molar-refractivity contribution is 7.99. The van der Waals surface area contributed by atoms with Gasteiger partial charge in [0.1, 0.15) is 17.4 Å². The van der Waals surface area contributed by atoms with E-state index in [1.54, 1.807) is 24.0 Å². The van der Waals surface area contributed by atoms with Gasteiger partial charge in [0.2, 0.25) is 0 Å². The Bertz CT molecular complexity index is 1290. The van der Waals surface area contributed by atoms with Crippen molar-refractivity contribution in [3.63, 3.8) is 0 Å². The third-order valence-corrected chi connectivity index (χ3v) is 7.67. The molecule has 0 bridgehead atoms. The molecule has 33 heavy (non-hydrogen) atoms. The van der Waals surface area contributed by atoms with Crippen molar-refractivity contribution in [3.05, 3.63) is 58.0 Å². The molecule has 6 rings (SSSR count). The second-order valence-corrected chi connectivity index (χ2v) is 9.93. The third-order valence-electron chi connectivity index (χ3n) is 6.80. The van der Waals surface area contributed by atoms with E-state index in [1.165, 1.54) is 10.6 Å². The summed E-state index contributed by atoms with van der Waals surface area (Å²) in [6, 6.07) is 5.43. The Balaban J connectivity index is 1.10. The highest BCUT2D eigenvalue weighted by Gasteiger charge is 2.43. The molecule has 0 aromatic carbocycles. The molecule has 2 N–H and O–H groups in total. The number of thioether (sulfide) groups is 1. The van der Waals surface area contributed by atoms with Gasteiger partial charge in [0.15, 0.2) is 5.75 Å². The maximum atomic E-state index is 14.8. The Morgan fingerprint density at radius 1 is 1.27 bits per heavy atom. The summed E-state index contributed by atoms with van der Waals surface area (Å²) in [5.41, 5.74) is 0.416. The predicted octanol–water partition coefficient (Wildman–Crippen LogP) is 1.83. The second-order valence-electron chi connectivity index (χ2n) is 8.96. The van der Waals surface area contributed by atoms with E-state index in [1.807, 2.05) is 0 Å². The normalized spacial score (nSPS) is 22.6. The zero-order valence-corrected chi connectivity index (χ0v) is 18.8. The number of aliphatic hydroxyl groups is 1. The number of nitrogens with one attached hydrogen (secondary N) is 1. The second kappa shape index (κ2) is 8.05. The van der Waals surface area contributed by atoms with Crippen LogP contribution in [0.5, 0.6) is 5.75 Å². The summed E-state index contributed by atoms with van der Waals surface area (Å²) >= 11 is 1.68. The molecule has 8 nitrogen and oxygen atoms in total. The molecule has 10 heteroatoms. The van der Waals surface area contributed by atoms with E-state index in [0.29, 0.717) is 29.6 Å². The summed E-state index contributed by atoms with van der Waals surface area (Å²) in [5.74, 6) is 0.936. The molecule has 3 aliphatic rings. The number of halogens is 1. The number of nitrogens with zero attached hydrogens (tertiary/aromatic N) is 4. The molecule has 172 valence electrons. The molecule has 0 saturated carbocycles. The highest BCUT2D eigenvalue weighted by Crippen LogP contribution is 2.38. The van der Waals surface area contributed by atoms with Crippen molar-refractivity contribution in [2.45, 2.75) is 42.5 Å². The van der Waals surface area contributed by atoms with Crippen LogP contribution in [0.1, 0.15) is 24.1 Å². The smallest absolute Gasteiger partial charge is 0.251 e. The van der Waals surface area contributed by atoms with Gasteiger partial charge in [-0.25, -0.2) is 4.39 Å². The van der Waals surface area contributed by atoms with Crippen LogP contribution in [0.3, 0.4) is 0 Å². The van der Waals surface area contributed by atoms with Crippen LogP contribution in [0.2, 0.25) is 0 Å². The van der Waals surface area contributed by atoms with Gasteiger partial charge in [-0.1, -0.05) is 11.8 Å². The van der Waals surface area contributed by atoms with Crippen molar-refractivity contribution in [3.8, 4) is 5.75 Å². The summed E-state index contributed by atoms with van der Waals surface area (Å²) in [5, 5.41) is 15.1. The summed E-state index contributed by atoms with van der Waals surface area (Å²) in [4.78, 5) is 24.2. The molecule has 1 fully saturated rings. The summed E-state index contributed by atoms with van der Waals surface area (Å²) in [6.45, 7) is 2.58. The lowest BCUT2D eigenvalue weighted by molar-refractivity contribution is -0.0159. The first-order valence-electron chi connectivity index (χ1n) is 11.1. The molecular formula is C23H24FN5O3S. The number of hydrogen-bond acceptors (Lipinski definition) is 8. The van der Waals surface area contributed by atoms with Crippen LogP contribution in [-0.2, 0) is 18.7 Å². The molecule has 1 saturated heterocycles. The van der Waals surface area contributed by atoms with Crippen LogP contribution in [0.25, 0.3) is 11.0 Å². The Hall–Kier alpha value is -2.53. The molecule has 3 aromatic heterocycles. The molecule has 3 aliphatic heterocycles. The minimum atomic E-state index is -1.45. The zero-order valence-electron chi connectivity index (χ0n) is 18.0. The molecule has 0 radical (unpaired) electrons. The van der Waals surface area contributed by atoms with Gasteiger partial charge in [-0.15, -0.1) is 0 Å². The van der Waals surface area contributed by atoms with Crippen molar-refractivity contribution in [1.29, 1.82) is 0 Å². The predicted molar refractivity (Wildman–Crippen MR) is 122 cm³/mol. The lowest BCUT2D eigenvalue weighted by Crippen LogP contribution is -2.48. The molecule has 1 unspecified atom stereocenters. The Morgan fingerprint density at radius 3 is 2.97 bits per heavy atom. The molecule has 0 amide bonds. The number of ether oxygens (including phenoxy) is 1. The molecule has 3 aromatic rings. The number of piperidine rings is 1. The van der Waals surface area contributed by atoms with Gasteiger partial charge in [-0.2, -0.15) is 0 Å². The maximum Gasteiger partial charge on any atom is 0.251 e. The van der Waals surface area contributed by atoms with E-state index in [0.717, 1.165) is 48.5 Å². The maximum absolute atomic E-state index is 14.8. The quantitative estimate of drug-likeness (QED) is 0.585. The molecule has 0 aliphatic carbocycles. The monoisotopic (exact) mass is 469 g/mol. The van der Waals surface area contributed by atoms with E-state index in [9.17, 15) is 14.3 Å². The van der Waals surface area contributed by atoms with Crippen LogP contribution in [0.15, 0.2) is 40.3 Å². The fraction of sp³-hybridized carbons (Fsp3) is 0.435. The largest absolute Gasteiger partial charge is 0.480 e. The number of fused-ring (bicyclic) bond motifs is 1. The first-order chi connectivity index (χ1) is 16.0. The fourth-order valence-corrected chi connectivity index (χ4v) is 5.95. The fourth-order valence-electron chi connectivity index (χ4n) is 5.16. The first kappa shape index (κ1) is 21.0. The van der Waals surface area contributed by atoms with Crippen LogP contribution in [-0.4, -0.2) is 56.2 Å². The van der Waals surface area contributed by atoms with Crippen LogP contribution in [0.4, 0.5) is 4.39 Å². The van der Waals surface area contributed by atoms with Crippen molar-refractivity contribution in [2.75, 3.05) is 25.6 Å². The van der Waals surface area contributed by atoms with Gasteiger partial charge in [0.05, 0.1) is 46.1 Å². The van der Waals surface area contributed by atoms with Gasteiger partial charge in [0, 0.05) is 25.2 Å². The third kappa shape index (κ3) is 3.71. The van der Waals surface area contributed by atoms with Crippen LogP contribution < -0.4 is 15.6 Å². The number of β-amino-alcohol motifs (C(OH)–C–C–N with tert-alkyl or cyclic N) is 1.